The van der Waals surface area contributed by atoms with Crippen LogP contribution >= 0.6 is 11.8 Å². The SMILES string of the molecule is CC(O)C(C)SCCC(N)=NO. The van der Waals surface area contributed by atoms with Crippen molar-refractivity contribution < 1.29 is 10.3 Å². The largest absolute Gasteiger partial charge is 0.409 e. The quantitative estimate of drug-likeness (QED) is 0.258. The summed E-state index contributed by atoms with van der Waals surface area (Å²) in [6.45, 7) is 3.70. The fourth-order valence-electron chi connectivity index (χ4n) is 0.539. The van der Waals surface area contributed by atoms with Crippen LogP contribution < -0.4 is 5.73 Å². The lowest BCUT2D eigenvalue weighted by Crippen LogP contribution is -2.18. The number of hydrogen-bond acceptors (Lipinski definition) is 4. The molecule has 0 aromatic heterocycles. The zero-order valence-electron chi connectivity index (χ0n) is 7.40. The van der Waals surface area contributed by atoms with Gasteiger partial charge < -0.3 is 16.0 Å². The van der Waals surface area contributed by atoms with Gasteiger partial charge in [0.15, 0.2) is 0 Å². The van der Waals surface area contributed by atoms with Crippen LogP contribution in [0.15, 0.2) is 5.16 Å². The van der Waals surface area contributed by atoms with Crippen LogP contribution in [-0.2, 0) is 0 Å². The van der Waals surface area contributed by atoms with Crippen molar-refractivity contribution in [3.8, 4) is 0 Å². The van der Waals surface area contributed by atoms with Crippen molar-refractivity contribution in [1.82, 2.24) is 0 Å². The predicted molar refractivity (Wildman–Crippen MR) is 51.6 cm³/mol. The molecule has 72 valence electrons. The van der Waals surface area contributed by atoms with Gasteiger partial charge >= 0.3 is 0 Å². The first-order chi connectivity index (χ1) is 5.57. The molecule has 0 fully saturated rings. The monoisotopic (exact) mass is 192 g/mol. The zero-order chi connectivity index (χ0) is 9.56. The highest BCUT2D eigenvalue weighted by molar-refractivity contribution is 7.99. The van der Waals surface area contributed by atoms with Crippen LogP contribution in [0.25, 0.3) is 0 Å². The van der Waals surface area contributed by atoms with Crippen LogP contribution in [0.5, 0.6) is 0 Å². The average Bonchev–Trinajstić information content (AvgIpc) is 2.03. The minimum absolute atomic E-state index is 0.191. The summed E-state index contributed by atoms with van der Waals surface area (Å²) in [5.41, 5.74) is 5.26. The Morgan fingerprint density at radius 3 is 2.58 bits per heavy atom. The van der Waals surface area contributed by atoms with E-state index >= 15 is 0 Å². The number of thioether (sulfide) groups is 1. The standard InChI is InChI=1S/C7H16N2O2S/c1-5(10)6(2)12-4-3-7(8)9-11/h5-6,10-11H,3-4H2,1-2H3,(H2,8,9). The van der Waals surface area contributed by atoms with Crippen LogP contribution in [0, 0.1) is 0 Å². The Bertz CT molecular complexity index is 150. The molecule has 2 unspecified atom stereocenters. The van der Waals surface area contributed by atoms with Gasteiger partial charge in [-0.05, 0) is 6.92 Å². The lowest BCUT2D eigenvalue weighted by atomic mass is 10.3. The molecule has 2 atom stereocenters. The molecule has 0 spiro atoms. The second kappa shape index (κ2) is 6.14. The van der Waals surface area contributed by atoms with Crippen molar-refractivity contribution in [2.75, 3.05) is 5.75 Å². The van der Waals surface area contributed by atoms with Gasteiger partial charge in [0.25, 0.3) is 0 Å². The van der Waals surface area contributed by atoms with E-state index in [2.05, 4.69) is 5.16 Å². The normalized spacial score (nSPS) is 17.4. The Morgan fingerprint density at radius 2 is 2.17 bits per heavy atom. The Hall–Kier alpha value is -0.420. The van der Waals surface area contributed by atoms with Gasteiger partial charge in [-0.25, -0.2) is 0 Å². The molecule has 0 rings (SSSR count). The van der Waals surface area contributed by atoms with E-state index < -0.39 is 0 Å². The van der Waals surface area contributed by atoms with Crippen molar-refractivity contribution >= 4 is 17.6 Å². The number of nitrogens with two attached hydrogens (primary N) is 1. The maximum Gasteiger partial charge on any atom is 0.139 e. The van der Waals surface area contributed by atoms with E-state index in [0.717, 1.165) is 5.75 Å². The second-order valence-corrected chi connectivity index (χ2v) is 4.14. The summed E-state index contributed by atoms with van der Waals surface area (Å²) in [6.07, 6.45) is 0.236. The van der Waals surface area contributed by atoms with Crippen molar-refractivity contribution in [2.24, 2.45) is 10.9 Å². The summed E-state index contributed by atoms with van der Waals surface area (Å²) < 4.78 is 0. The van der Waals surface area contributed by atoms with Gasteiger partial charge in [-0.3, -0.25) is 0 Å². The summed E-state index contributed by atoms with van der Waals surface area (Å²) in [5.74, 6) is 1.00. The molecule has 0 amide bonds. The maximum atomic E-state index is 9.11. The molecule has 0 aliphatic heterocycles. The molecule has 0 saturated heterocycles. The molecule has 4 N–H and O–H groups in total. The van der Waals surface area contributed by atoms with Crippen molar-refractivity contribution in [1.29, 1.82) is 0 Å². The summed E-state index contributed by atoms with van der Waals surface area (Å²) >= 11 is 1.61. The van der Waals surface area contributed by atoms with E-state index in [4.69, 9.17) is 16.0 Å². The average molecular weight is 192 g/mol. The number of aliphatic hydroxyl groups is 1. The lowest BCUT2D eigenvalue weighted by Gasteiger charge is -2.13. The number of amidine groups is 1. The van der Waals surface area contributed by atoms with Gasteiger partial charge in [0.1, 0.15) is 5.84 Å². The van der Waals surface area contributed by atoms with Crippen molar-refractivity contribution in [3.05, 3.63) is 0 Å². The summed E-state index contributed by atoms with van der Waals surface area (Å²) in [5, 5.41) is 20.4. The van der Waals surface area contributed by atoms with Gasteiger partial charge in [-0.2, -0.15) is 11.8 Å². The zero-order valence-corrected chi connectivity index (χ0v) is 8.21. The van der Waals surface area contributed by atoms with Crippen molar-refractivity contribution in [2.45, 2.75) is 31.6 Å². The molecule has 0 saturated carbocycles. The Labute approximate surface area is 76.8 Å². The number of oxime groups is 1. The van der Waals surface area contributed by atoms with Crippen LogP contribution in [0.4, 0.5) is 0 Å². The predicted octanol–water partition coefficient (Wildman–Crippen LogP) is 0.625. The minimum Gasteiger partial charge on any atom is -0.409 e. The summed E-state index contributed by atoms with van der Waals surface area (Å²) in [7, 11) is 0. The molecule has 0 aliphatic carbocycles. The van der Waals surface area contributed by atoms with E-state index in [-0.39, 0.29) is 17.2 Å². The number of hydrogen-bond donors (Lipinski definition) is 3. The third-order valence-electron chi connectivity index (χ3n) is 1.55. The molecule has 5 heteroatoms. The van der Waals surface area contributed by atoms with Crippen LogP contribution in [-0.4, -0.2) is 33.3 Å². The van der Waals surface area contributed by atoms with Crippen LogP contribution in [0.1, 0.15) is 20.3 Å². The Kier molecular flexibility index (Phi) is 5.92. The van der Waals surface area contributed by atoms with E-state index in [1.165, 1.54) is 0 Å². The third kappa shape index (κ3) is 5.26. The molecule has 4 nitrogen and oxygen atoms in total. The number of nitrogens with zero attached hydrogens (tertiary/aromatic N) is 1. The van der Waals surface area contributed by atoms with E-state index in [1.54, 1.807) is 18.7 Å². The summed E-state index contributed by atoms with van der Waals surface area (Å²) in [6, 6.07) is 0. The smallest absolute Gasteiger partial charge is 0.139 e. The van der Waals surface area contributed by atoms with Crippen LogP contribution in [0.2, 0.25) is 0 Å². The maximum absolute atomic E-state index is 9.11. The summed E-state index contributed by atoms with van der Waals surface area (Å²) in [4.78, 5) is 0. The third-order valence-corrected chi connectivity index (χ3v) is 2.91. The van der Waals surface area contributed by atoms with Gasteiger partial charge in [-0.1, -0.05) is 12.1 Å². The van der Waals surface area contributed by atoms with Gasteiger partial charge in [0.05, 0.1) is 6.10 Å². The van der Waals surface area contributed by atoms with E-state index in [9.17, 15) is 0 Å². The molecule has 0 heterocycles. The van der Waals surface area contributed by atoms with Gasteiger partial charge in [0, 0.05) is 17.4 Å². The molecule has 0 aliphatic rings. The lowest BCUT2D eigenvalue weighted by molar-refractivity contribution is 0.196. The molecular weight excluding hydrogens is 176 g/mol. The minimum atomic E-state index is -0.317. The molecule has 12 heavy (non-hydrogen) atoms. The number of rotatable bonds is 5. The second-order valence-electron chi connectivity index (χ2n) is 2.66. The highest BCUT2D eigenvalue weighted by Crippen LogP contribution is 2.14. The molecule has 0 aromatic rings. The fourth-order valence-corrected chi connectivity index (χ4v) is 1.52. The van der Waals surface area contributed by atoms with Crippen LogP contribution in [0.3, 0.4) is 0 Å². The fraction of sp³-hybridized carbons (Fsp3) is 0.857. The molecule has 0 radical (unpaired) electrons. The first-order valence-electron chi connectivity index (χ1n) is 3.84. The molecule has 0 aromatic carbocycles. The van der Waals surface area contributed by atoms with E-state index in [0.29, 0.717) is 6.42 Å². The number of aliphatic hydroxyl groups excluding tert-OH is 1. The first-order valence-corrected chi connectivity index (χ1v) is 4.89. The van der Waals surface area contributed by atoms with E-state index in [1.807, 2.05) is 6.92 Å². The van der Waals surface area contributed by atoms with Gasteiger partial charge in [0.2, 0.25) is 0 Å². The first kappa shape index (κ1) is 11.6. The topological polar surface area (TPSA) is 78.8 Å². The molecule has 0 bridgehead atoms. The highest BCUT2D eigenvalue weighted by atomic mass is 32.2. The Morgan fingerprint density at radius 1 is 1.58 bits per heavy atom. The Balaban J connectivity index is 3.43. The van der Waals surface area contributed by atoms with Gasteiger partial charge in [-0.15, -0.1) is 0 Å². The molecular formula is C7H16N2O2S. The van der Waals surface area contributed by atoms with Crippen molar-refractivity contribution in [3.63, 3.8) is 0 Å². The highest BCUT2D eigenvalue weighted by Gasteiger charge is 2.08.